The van der Waals surface area contributed by atoms with E-state index < -0.39 is 0 Å². The number of aryl methyl sites for hydroxylation is 2. The zero-order valence-corrected chi connectivity index (χ0v) is 10.9. The van der Waals surface area contributed by atoms with Crippen molar-refractivity contribution in [1.82, 2.24) is 9.97 Å². The first kappa shape index (κ1) is 12.4. The number of benzene rings is 1. The number of rotatable bonds is 4. The molecule has 2 aromatic rings. The van der Waals surface area contributed by atoms with Crippen LogP contribution >= 0.6 is 0 Å². The van der Waals surface area contributed by atoms with Gasteiger partial charge in [0.1, 0.15) is 11.6 Å². The van der Waals surface area contributed by atoms with Crippen LogP contribution in [0.2, 0.25) is 0 Å². The van der Waals surface area contributed by atoms with Gasteiger partial charge in [0.05, 0.1) is 7.11 Å². The third kappa shape index (κ3) is 2.97. The fourth-order valence-corrected chi connectivity index (χ4v) is 1.73. The number of hydrogen-bond acceptors (Lipinski definition) is 4. The van der Waals surface area contributed by atoms with Gasteiger partial charge in [0.25, 0.3) is 0 Å². The molecule has 0 amide bonds. The Bertz CT molecular complexity index is 540. The van der Waals surface area contributed by atoms with E-state index in [1.54, 1.807) is 13.2 Å². The lowest BCUT2D eigenvalue weighted by Crippen LogP contribution is -2.05. The molecule has 1 aromatic carbocycles. The molecule has 0 saturated carbocycles. The van der Waals surface area contributed by atoms with Crippen molar-refractivity contribution in [2.75, 3.05) is 12.4 Å². The molecule has 0 fully saturated rings. The SMILES string of the molecule is COc1cc(NCc2ccccc2C)nc(C)n1. The van der Waals surface area contributed by atoms with Crippen molar-refractivity contribution in [2.45, 2.75) is 20.4 Å². The second-order valence-corrected chi connectivity index (χ2v) is 4.12. The summed E-state index contributed by atoms with van der Waals surface area (Å²) in [6.07, 6.45) is 0. The van der Waals surface area contributed by atoms with Crippen LogP contribution in [0.3, 0.4) is 0 Å². The van der Waals surface area contributed by atoms with Gasteiger partial charge in [-0.3, -0.25) is 0 Å². The first-order chi connectivity index (χ1) is 8.69. The minimum absolute atomic E-state index is 0.579. The van der Waals surface area contributed by atoms with Crippen LogP contribution < -0.4 is 10.1 Å². The van der Waals surface area contributed by atoms with Crippen LogP contribution in [0.4, 0.5) is 5.82 Å². The van der Waals surface area contributed by atoms with Gasteiger partial charge in [-0.1, -0.05) is 24.3 Å². The highest BCUT2D eigenvalue weighted by molar-refractivity contribution is 5.40. The van der Waals surface area contributed by atoms with Gasteiger partial charge in [-0.15, -0.1) is 0 Å². The first-order valence-electron chi connectivity index (χ1n) is 5.87. The van der Waals surface area contributed by atoms with Crippen LogP contribution in [-0.4, -0.2) is 17.1 Å². The van der Waals surface area contributed by atoms with Gasteiger partial charge >= 0.3 is 0 Å². The fraction of sp³-hybridized carbons (Fsp3) is 0.286. The predicted octanol–water partition coefficient (Wildman–Crippen LogP) is 2.71. The van der Waals surface area contributed by atoms with Crippen LogP contribution in [0.5, 0.6) is 5.88 Å². The van der Waals surface area contributed by atoms with Crippen molar-refractivity contribution in [2.24, 2.45) is 0 Å². The molecule has 0 bridgehead atoms. The number of hydrogen-bond donors (Lipinski definition) is 1. The van der Waals surface area contributed by atoms with Gasteiger partial charge in [0.15, 0.2) is 0 Å². The van der Waals surface area contributed by atoms with Gasteiger partial charge in [-0.05, 0) is 25.0 Å². The lowest BCUT2D eigenvalue weighted by Gasteiger charge is -2.09. The second kappa shape index (κ2) is 5.49. The molecule has 0 aliphatic carbocycles. The first-order valence-corrected chi connectivity index (χ1v) is 5.87. The van der Waals surface area contributed by atoms with Crippen LogP contribution in [-0.2, 0) is 6.54 Å². The summed E-state index contributed by atoms with van der Waals surface area (Å²) >= 11 is 0. The average molecular weight is 243 g/mol. The van der Waals surface area contributed by atoms with Crippen molar-refractivity contribution < 1.29 is 4.74 Å². The Balaban J connectivity index is 2.11. The van der Waals surface area contributed by atoms with Gasteiger partial charge in [0.2, 0.25) is 5.88 Å². The summed E-state index contributed by atoms with van der Waals surface area (Å²) in [6, 6.07) is 10.1. The zero-order chi connectivity index (χ0) is 13.0. The predicted molar refractivity (Wildman–Crippen MR) is 71.8 cm³/mol. The van der Waals surface area contributed by atoms with E-state index in [4.69, 9.17) is 4.74 Å². The molecule has 0 atom stereocenters. The van der Waals surface area contributed by atoms with Crippen molar-refractivity contribution in [1.29, 1.82) is 0 Å². The molecular formula is C14H17N3O. The summed E-state index contributed by atoms with van der Waals surface area (Å²) in [5, 5.41) is 3.29. The van der Waals surface area contributed by atoms with Crippen molar-refractivity contribution in [3.8, 4) is 5.88 Å². The number of methoxy groups -OCH3 is 1. The number of aromatic nitrogens is 2. The standard InChI is InChI=1S/C14H17N3O/c1-10-6-4-5-7-12(10)9-15-13-8-14(18-3)17-11(2)16-13/h4-8H,9H2,1-3H3,(H,15,16,17). The maximum Gasteiger partial charge on any atom is 0.218 e. The molecule has 4 heteroatoms. The maximum atomic E-state index is 5.12. The molecule has 0 saturated heterocycles. The number of anilines is 1. The zero-order valence-electron chi connectivity index (χ0n) is 10.9. The average Bonchev–Trinajstić information content (AvgIpc) is 2.37. The molecule has 4 nitrogen and oxygen atoms in total. The Hall–Kier alpha value is -2.10. The minimum atomic E-state index is 0.579. The lowest BCUT2D eigenvalue weighted by atomic mass is 10.1. The largest absolute Gasteiger partial charge is 0.481 e. The van der Waals surface area contributed by atoms with E-state index in [0.717, 1.165) is 12.4 Å². The monoisotopic (exact) mass is 243 g/mol. The van der Waals surface area contributed by atoms with Crippen LogP contribution in [0.1, 0.15) is 17.0 Å². The topological polar surface area (TPSA) is 47.0 Å². The molecule has 0 spiro atoms. The summed E-state index contributed by atoms with van der Waals surface area (Å²) < 4.78 is 5.12. The Morgan fingerprint density at radius 3 is 2.67 bits per heavy atom. The summed E-state index contributed by atoms with van der Waals surface area (Å²) in [5.41, 5.74) is 2.52. The number of ether oxygens (including phenoxy) is 1. The Kier molecular flexibility index (Phi) is 3.77. The van der Waals surface area contributed by atoms with Crippen molar-refractivity contribution in [3.05, 3.63) is 47.3 Å². The van der Waals surface area contributed by atoms with E-state index in [0.29, 0.717) is 11.7 Å². The number of nitrogens with one attached hydrogen (secondary N) is 1. The fourth-order valence-electron chi connectivity index (χ4n) is 1.73. The van der Waals surface area contributed by atoms with Gasteiger partial charge in [-0.2, -0.15) is 4.98 Å². The smallest absolute Gasteiger partial charge is 0.218 e. The van der Waals surface area contributed by atoms with Crippen LogP contribution in [0.15, 0.2) is 30.3 Å². The molecule has 0 aliphatic rings. The Labute approximate surface area is 107 Å². The Morgan fingerprint density at radius 1 is 1.17 bits per heavy atom. The second-order valence-electron chi connectivity index (χ2n) is 4.12. The molecule has 0 radical (unpaired) electrons. The highest BCUT2D eigenvalue weighted by atomic mass is 16.5. The molecule has 0 unspecified atom stereocenters. The quantitative estimate of drug-likeness (QED) is 0.897. The lowest BCUT2D eigenvalue weighted by molar-refractivity contribution is 0.396. The van der Waals surface area contributed by atoms with E-state index in [-0.39, 0.29) is 0 Å². The Morgan fingerprint density at radius 2 is 1.94 bits per heavy atom. The summed E-state index contributed by atoms with van der Waals surface area (Å²) in [5.74, 6) is 2.05. The van der Waals surface area contributed by atoms with Crippen molar-refractivity contribution in [3.63, 3.8) is 0 Å². The maximum absolute atomic E-state index is 5.12. The van der Waals surface area contributed by atoms with Crippen molar-refractivity contribution >= 4 is 5.82 Å². The van der Waals surface area contributed by atoms with Crippen LogP contribution in [0.25, 0.3) is 0 Å². The van der Waals surface area contributed by atoms with E-state index in [9.17, 15) is 0 Å². The normalized spacial score (nSPS) is 10.2. The minimum Gasteiger partial charge on any atom is -0.481 e. The summed E-state index contributed by atoms with van der Waals surface area (Å²) in [6.45, 7) is 4.69. The van der Waals surface area contributed by atoms with Gasteiger partial charge in [0, 0.05) is 12.6 Å². The third-order valence-electron chi connectivity index (χ3n) is 2.74. The van der Waals surface area contributed by atoms with E-state index in [1.807, 2.05) is 19.1 Å². The van der Waals surface area contributed by atoms with Crippen LogP contribution in [0, 0.1) is 13.8 Å². The van der Waals surface area contributed by atoms with E-state index in [1.165, 1.54) is 11.1 Å². The molecule has 1 aromatic heterocycles. The number of nitrogens with zero attached hydrogens (tertiary/aromatic N) is 2. The van der Waals surface area contributed by atoms with E-state index in [2.05, 4.69) is 34.3 Å². The summed E-state index contributed by atoms with van der Waals surface area (Å²) in [4.78, 5) is 8.48. The highest BCUT2D eigenvalue weighted by Gasteiger charge is 2.02. The molecule has 18 heavy (non-hydrogen) atoms. The molecule has 1 heterocycles. The molecular weight excluding hydrogens is 226 g/mol. The van der Waals surface area contributed by atoms with E-state index >= 15 is 0 Å². The molecule has 94 valence electrons. The molecule has 2 rings (SSSR count). The van der Waals surface area contributed by atoms with Gasteiger partial charge < -0.3 is 10.1 Å². The molecule has 0 aliphatic heterocycles. The highest BCUT2D eigenvalue weighted by Crippen LogP contribution is 2.14. The summed E-state index contributed by atoms with van der Waals surface area (Å²) in [7, 11) is 1.60. The molecule has 1 N–H and O–H groups in total. The van der Waals surface area contributed by atoms with Gasteiger partial charge in [-0.25, -0.2) is 4.98 Å². The third-order valence-corrected chi connectivity index (χ3v) is 2.74.